The Morgan fingerprint density at radius 2 is 2.39 bits per heavy atom. The molecule has 1 aliphatic heterocycles. The number of ether oxygens (including phenoxy) is 1. The highest BCUT2D eigenvalue weighted by Gasteiger charge is 2.22. The fraction of sp³-hybridized carbons (Fsp3) is 0.462. The molecule has 1 saturated heterocycles. The molecule has 0 spiro atoms. The van der Waals surface area contributed by atoms with Gasteiger partial charge in [0.1, 0.15) is 5.65 Å². The topological polar surface area (TPSA) is 29.8 Å². The number of morpholine rings is 1. The molecule has 0 bridgehead atoms. The lowest BCUT2D eigenvalue weighted by Gasteiger charge is -2.33. The van der Waals surface area contributed by atoms with Crippen LogP contribution >= 0.6 is 15.9 Å². The van der Waals surface area contributed by atoms with Crippen molar-refractivity contribution < 1.29 is 4.74 Å². The molecule has 0 aromatic carbocycles. The van der Waals surface area contributed by atoms with Crippen LogP contribution < -0.4 is 0 Å². The second-order valence-electron chi connectivity index (χ2n) is 4.55. The van der Waals surface area contributed by atoms with Gasteiger partial charge in [-0.05, 0) is 12.1 Å². The maximum Gasteiger partial charge on any atom is 0.137 e. The lowest BCUT2D eigenvalue weighted by Crippen LogP contribution is -2.45. The Morgan fingerprint density at radius 1 is 1.44 bits per heavy atom. The average Bonchev–Trinajstić information content (AvgIpc) is 2.81. The molecule has 0 radical (unpaired) electrons. The maximum absolute atomic E-state index is 5.50. The Kier molecular flexibility index (Phi) is 3.63. The van der Waals surface area contributed by atoms with E-state index in [2.05, 4.69) is 36.4 Å². The predicted octanol–water partition coefficient (Wildman–Crippen LogP) is 1.93. The van der Waals surface area contributed by atoms with Crippen LogP contribution in [0.25, 0.3) is 5.65 Å². The molecule has 1 fully saturated rings. The highest BCUT2D eigenvalue weighted by Crippen LogP contribution is 2.14. The monoisotopic (exact) mass is 309 g/mol. The van der Waals surface area contributed by atoms with E-state index in [0.29, 0.717) is 6.04 Å². The maximum atomic E-state index is 5.50. The van der Waals surface area contributed by atoms with Crippen molar-refractivity contribution in [3.05, 3.63) is 36.3 Å². The van der Waals surface area contributed by atoms with Gasteiger partial charge < -0.3 is 9.14 Å². The third-order valence-corrected chi connectivity index (χ3v) is 4.05. The van der Waals surface area contributed by atoms with Gasteiger partial charge in [-0.15, -0.1) is 0 Å². The van der Waals surface area contributed by atoms with E-state index < -0.39 is 0 Å². The standard InChI is InChI=1S/C13H16BrN3O/c14-7-12-10-18-6-5-16(12)8-11-9-17-4-2-1-3-13(17)15-11/h1-4,9,12H,5-8,10H2. The fourth-order valence-corrected chi connectivity index (χ4v) is 2.91. The molecule has 0 aliphatic carbocycles. The molecule has 3 rings (SSSR count). The zero-order valence-electron chi connectivity index (χ0n) is 10.1. The second kappa shape index (κ2) is 5.38. The van der Waals surface area contributed by atoms with Crippen LogP contribution in [0.1, 0.15) is 5.69 Å². The van der Waals surface area contributed by atoms with Gasteiger partial charge in [0.2, 0.25) is 0 Å². The molecule has 5 heteroatoms. The van der Waals surface area contributed by atoms with Crippen molar-refractivity contribution in [2.75, 3.05) is 25.1 Å². The Morgan fingerprint density at radius 3 is 3.22 bits per heavy atom. The minimum absolute atomic E-state index is 0.448. The van der Waals surface area contributed by atoms with Gasteiger partial charge in [-0.2, -0.15) is 0 Å². The summed E-state index contributed by atoms with van der Waals surface area (Å²) in [7, 11) is 0. The Labute approximate surface area is 115 Å². The van der Waals surface area contributed by atoms with Gasteiger partial charge in [0, 0.05) is 36.9 Å². The second-order valence-corrected chi connectivity index (χ2v) is 5.20. The zero-order valence-corrected chi connectivity index (χ0v) is 11.7. The molecular weight excluding hydrogens is 294 g/mol. The number of pyridine rings is 1. The summed E-state index contributed by atoms with van der Waals surface area (Å²) in [6.07, 6.45) is 4.14. The van der Waals surface area contributed by atoms with Gasteiger partial charge in [-0.1, -0.05) is 22.0 Å². The van der Waals surface area contributed by atoms with E-state index in [0.717, 1.165) is 43.0 Å². The summed E-state index contributed by atoms with van der Waals surface area (Å²) in [4.78, 5) is 7.07. The van der Waals surface area contributed by atoms with Gasteiger partial charge in [0.05, 0.1) is 18.9 Å². The molecule has 1 atom stereocenters. The van der Waals surface area contributed by atoms with Gasteiger partial charge in [-0.3, -0.25) is 4.90 Å². The number of nitrogens with zero attached hydrogens (tertiary/aromatic N) is 3. The van der Waals surface area contributed by atoms with Crippen LogP contribution in [-0.2, 0) is 11.3 Å². The van der Waals surface area contributed by atoms with Crippen LogP contribution in [0.4, 0.5) is 0 Å². The van der Waals surface area contributed by atoms with E-state index >= 15 is 0 Å². The first-order valence-corrected chi connectivity index (χ1v) is 7.29. The number of aromatic nitrogens is 2. The molecule has 1 unspecified atom stereocenters. The molecule has 1 aliphatic rings. The molecule has 2 aromatic rings. The van der Waals surface area contributed by atoms with Crippen molar-refractivity contribution >= 4 is 21.6 Å². The van der Waals surface area contributed by atoms with E-state index in [1.165, 1.54) is 0 Å². The molecule has 96 valence electrons. The zero-order chi connectivity index (χ0) is 12.4. The minimum atomic E-state index is 0.448. The molecular formula is C13H16BrN3O. The third-order valence-electron chi connectivity index (χ3n) is 3.31. The highest BCUT2D eigenvalue weighted by atomic mass is 79.9. The Hall–Kier alpha value is -0.910. The normalized spacial score (nSPS) is 21.5. The summed E-state index contributed by atoms with van der Waals surface area (Å²) in [5.74, 6) is 0. The summed E-state index contributed by atoms with van der Waals surface area (Å²) in [6.45, 7) is 3.49. The number of halogens is 1. The van der Waals surface area contributed by atoms with E-state index in [-0.39, 0.29) is 0 Å². The average molecular weight is 310 g/mol. The van der Waals surface area contributed by atoms with E-state index in [1.807, 2.05) is 24.4 Å². The summed E-state index contributed by atoms with van der Waals surface area (Å²) < 4.78 is 7.57. The van der Waals surface area contributed by atoms with Gasteiger partial charge in [0.25, 0.3) is 0 Å². The van der Waals surface area contributed by atoms with Crippen LogP contribution in [0.2, 0.25) is 0 Å². The predicted molar refractivity (Wildman–Crippen MR) is 74.0 cm³/mol. The Balaban J connectivity index is 1.78. The number of alkyl halides is 1. The number of hydrogen-bond acceptors (Lipinski definition) is 3. The number of rotatable bonds is 3. The smallest absolute Gasteiger partial charge is 0.137 e. The lowest BCUT2D eigenvalue weighted by atomic mass is 10.2. The first-order chi connectivity index (χ1) is 8.86. The van der Waals surface area contributed by atoms with Gasteiger partial charge in [-0.25, -0.2) is 4.98 Å². The van der Waals surface area contributed by atoms with Crippen LogP contribution in [0.5, 0.6) is 0 Å². The molecule has 2 aromatic heterocycles. The first kappa shape index (κ1) is 12.1. The molecule has 0 amide bonds. The number of fused-ring (bicyclic) bond motifs is 1. The first-order valence-electron chi connectivity index (χ1n) is 6.17. The van der Waals surface area contributed by atoms with Crippen molar-refractivity contribution in [3.8, 4) is 0 Å². The van der Waals surface area contributed by atoms with Crippen molar-refractivity contribution in [2.24, 2.45) is 0 Å². The van der Waals surface area contributed by atoms with Crippen LogP contribution in [0.3, 0.4) is 0 Å². The Bertz CT molecular complexity index is 495. The molecule has 4 nitrogen and oxygen atoms in total. The van der Waals surface area contributed by atoms with Crippen molar-refractivity contribution in [2.45, 2.75) is 12.6 Å². The quantitative estimate of drug-likeness (QED) is 0.812. The van der Waals surface area contributed by atoms with Crippen LogP contribution in [0, 0.1) is 0 Å². The SMILES string of the molecule is BrCC1COCCN1Cc1cn2ccccc2n1. The summed E-state index contributed by atoms with van der Waals surface area (Å²) >= 11 is 3.55. The highest BCUT2D eigenvalue weighted by molar-refractivity contribution is 9.09. The van der Waals surface area contributed by atoms with E-state index in [9.17, 15) is 0 Å². The summed E-state index contributed by atoms with van der Waals surface area (Å²) in [6, 6.07) is 6.52. The van der Waals surface area contributed by atoms with Gasteiger partial charge in [0.15, 0.2) is 0 Å². The molecule has 18 heavy (non-hydrogen) atoms. The molecule has 0 saturated carbocycles. The van der Waals surface area contributed by atoms with Crippen molar-refractivity contribution in [3.63, 3.8) is 0 Å². The number of hydrogen-bond donors (Lipinski definition) is 0. The van der Waals surface area contributed by atoms with E-state index in [1.54, 1.807) is 0 Å². The third kappa shape index (κ3) is 2.43. The fourth-order valence-electron chi connectivity index (χ4n) is 2.31. The summed E-state index contributed by atoms with van der Waals surface area (Å²) in [5.41, 5.74) is 2.13. The van der Waals surface area contributed by atoms with Crippen molar-refractivity contribution in [1.29, 1.82) is 0 Å². The molecule has 3 heterocycles. The molecule has 0 N–H and O–H groups in total. The lowest BCUT2D eigenvalue weighted by molar-refractivity contribution is -0.00260. The largest absolute Gasteiger partial charge is 0.378 e. The minimum Gasteiger partial charge on any atom is -0.378 e. The van der Waals surface area contributed by atoms with Gasteiger partial charge >= 0.3 is 0 Å². The van der Waals surface area contributed by atoms with Crippen LogP contribution in [0.15, 0.2) is 30.6 Å². The van der Waals surface area contributed by atoms with E-state index in [4.69, 9.17) is 4.74 Å². The summed E-state index contributed by atoms with van der Waals surface area (Å²) in [5, 5.41) is 0.945. The number of imidazole rings is 1. The van der Waals surface area contributed by atoms with Crippen molar-refractivity contribution in [1.82, 2.24) is 14.3 Å². The van der Waals surface area contributed by atoms with Crippen LogP contribution in [-0.4, -0.2) is 45.4 Å².